The van der Waals surface area contributed by atoms with E-state index in [9.17, 15) is 4.79 Å². The highest BCUT2D eigenvalue weighted by Crippen LogP contribution is 2.22. The van der Waals surface area contributed by atoms with E-state index in [1.807, 2.05) is 30.5 Å². The first-order valence-electron chi connectivity index (χ1n) is 6.52. The summed E-state index contributed by atoms with van der Waals surface area (Å²) in [6, 6.07) is 15.7. The number of carbonyl (C=O) groups is 1. The van der Waals surface area contributed by atoms with Gasteiger partial charge < -0.3 is 4.57 Å². The predicted octanol–water partition coefficient (Wildman–Crippen LogP) is 3.06. The summed E-state index contributed by atoms with van der Waals surface area (Å²) in [7, 11) is 0. The summed E-state index contributed by atoms with van der Waals surface area (Å²) in [5.41, 5.74) is 4.83. The van der Waals surface area contributed by atoms with Crippen molar-refractivity contribution >= 4 is 32.7 Å². The molecular formula is C16H14BrN3O. The lowest BCUT2D eigenvalue weighted by Crippen LogP contribution is -2.31. The molecule has 0 aliphatic heterocycles. The Labute approximate surface area is 130 Å². The minimum Gasteiger partial charge on any atom is -0.343 e. The number of halogens is 1. The molecule has 2 aromatic carbocycles. The van der Waals surface area contributed by atoms with Gasteiger partial charge in [0.05, 0.1) is 0 Å². The molecule has 1 aromatic heterocycles. The van der Waals surface area contributed by atoms with Crippen molar-refractivity contribution in [3.8, 4) is 0 Å². The second-order valence-electron chi connectivity index (χ2n) is 4.78. The zero-order chi connectivity index (χ0) is 14.8. The first-order chi connectivity index (χ1) is 10.2. The SMILES string of the molecule is NNC(=O)c1ccccc1Cn1ccc2ccc(Br)cc21. The lowest BCUT2D eigenvalue weighted by atomic mass is 10.1. The van der Waals surface area contributed by atoms with E-state index in [-0.39, 0.29) is 5.91 Å². The number of hydrogen-bond acceptors (Lipinski definition) is 2. The van der Waals surface area contributed by atoms with Crippen LogP contribution in [0.1, 0.15) is 15.9 Å². The number of benzene rings is 2. The van der Waals surface area contributed by atoms with Crippen molar-refractivity contribution in [2.24, 2.45) is 5.84 Å². The second-order valence-corrected chi connectivity index (χ2v) is 5.69. The van der Waals surface area contributed by atoms with Gasteiger partial charge in [0.1, 0.15) is 0 Å². The molecule has 0 atom stereocenters. The summed E-state index contributed by atoms with van der Waals surface area (Å²) < 4.78 is 3.14. The van der Waals surface area contributed by atoms with Gasteiger partial charge in [-0.15, -0.1) is 0 Å². The molecule has 1 heterocycles. The molecule has 1 amide bonds. The molecule has 0 spiro atoms. The van der Waals surface area contributed by atoms with E-state index in [0.717, 1.165) is 15.6 Å². The van der Waals surface area contributed by atoms with Crippen molar-refractivity contribution in [2.45, 2.75) is 6.54 Å². The van der Waals surface area contributed by atoms with E-state index in [4.69, 9.17) is 5.84 Å². The van der Waals surface area contributed by atoms with Crippen molar-refractivity contribution in [1.29, 1.82) is 0 Å². The summed E-state index contributed by atoms with van der Waals surface area (Å²) in [6.45, 7) is 0.615. The summed E-state index contributed by atoms with van der Waals surface area (Å²) in [5.74, 6) is 4.97. The molecule has 21 heavy (non-hydrogen) atoms. The van der Waals surface area contributed by atoms with E-state index >= 15 is 0 Å². The monoisotopic (exact) mass is 343 g/mol. The van der Waals surface area contributed by atoms with Crippen molar-refractivity contribution in [1.82, 2.24) is 9.99 Å². The molecule has 0 bridgehead atoms. The maximum Gasteiger partial charge on any atom is 0.265 e. The van der Waals surface area contributed by atoms with Crippen LogP contribution in [0.5, 0.6) is 0 Å². The smallest absolute Gasteiger partial charge is 0.265 e. The summed E-state index contributed by atoms with van der Waals surface area (Å²) in [5, 5.41) is 1.17. The number of hydrazine groups is 1. The van der Waals surface area contributed by atoms with E-state index in [0.29, 0.717) is 12.1 Å². The molecular weight excluding hydrogens is 330 g/mol. The number of nitrogens with zero attached hydrogens (tertiary/aromatic N) is 1. The maximum absolute atomic E-state index is 11.8. The third kappa shape index (κ3) is 2.70. The molecule has 3 rings (SSSR count). The Bertz CT molecular complexity index is 810. The van der Waals surface area contributed by atoms with Crippen molar-refractivity contribution in [3.05, 3.63) is 70.3 Å². The highest BCUT2D eigenvalue weighted by Gasteiger charge is 2.10. The van der Waals surface area contributed by atoms with Crippen molar-refractivity contribution < 1.29 is 4.79 Å². The zero-order valence-electron chi connectivity index (χ0n) is 11.2. The lowest BCUT2D eigenvalue weighted by Gasteiger charge is -2.10. The number of amides is 1. The molecule has 5 heteroatoms. The number of carbonyl (C=O) groups excluding carboxylic acids is 1. The van der Waals surface area contributed by atoms with Gasteiger partial charge in [-0.2, -0.15) is 0 Å². The fourth-order valence-corrected chi connectivity index (χ4v) is 2.78. The molecule has 3 N–H and O–H groups in total. The average Bonchev–Trinajstić information content (AvgIpc) is 2.89. The Balaban J connectivity index is 2.03. The van der Waals surface area contributed by atoms with Gasteiger partial charge in [0.2, 0.25) is 0 Å². The van der Waals surface area contributed by atoms with E-state index in [2.05, 4.69) is 44.1 Å². The fraction of sp³-hybridized carbons (Fsp3) is 0.0625. The molecule has 0 saturated heterocycles. The fourth-order valence-electron chi connectivity index (χ4n) is 2.44. The zero-order valence-corrected chi connectivity index (χ0v) is 12.8. The molecule has 106 valence electrons. The van der Waals surface area contributed by atoms with Crippen LogP contribution in [0.15, 0.2) is 59.2 Å². The van der Waals surface area contributed by atoms with Crippen LogP contribution in [0, 0.1) is 0 Å². The predicted molar refractivity (Wildman–Crippen MR) is 86.8 cm³/mol. The van der Waals surface area contributed by atoms with E-state index in [1.54, 1.807) is 6.07 Å². The maximum atomic E-state index is 11.8. The lowest BCUT2D eigenvalue weighted by molar-refractivity contribution is 0.0952. The highest BCUT2D eigenvalue weighted by atomic mass is 79.9. The molecule has 0 aliphatic carbocycles. The number of nitrogen functional groups attached to an aromatic ring is 1. The van der Waals surface area contributed by atoms with Crippen LogP contribution in [0.25, 0.3) is 10.9 Å². The number of rotatable bonds is 3. The van der Waals surface area contributed by atoms with Crippen molar-refractivity contribution in [3.63, 3.8) is 0 Å². The summed E-state index contributed by atoms with van der Waals surface area (Å²) in [4.78, 5) is 11.8. The van der Waals surface area contributed by atoms with Crippen LogP contribution in [-0.2, 0) is 6.54 Å². The van der Waals surface area contributed by atoms with Crippen LogP contribution >= 0.6 is 15.9 Å². The second kappa shape index (κ2) is 5.71. The van der Waals surface area contributed by atoms with Crippen LogP contribution in [0.3, 0.4) is 0 Å². The topological polar surface area (TPSA) is 60.0 Å². The third-order valence-corrected chi connectivity index (χ3v) is 3.96. The Morgan fingerprint density at radius 2 is 2.00 bits per heavy atom. The van der Waals surface area contributed by atoms with Crippen LogP contribution in [0.2, 0.25) is 0 Å². The summed E-state index contributed by atoms with van der Waals surface area (Å²) in [6.07, 6.45) is 2.02. The average molecular weight is 344 g/mol. The van der Waals surface area contributed by atoms with Crippen LogP contribution < -0.4 is 11.3 Å². The quantitative estimate of drug-likeness (QED) is 0.436. The number of nitrogens with two attached hydrogens (primary N) is 1. The van der Waals surface area contributed by atoms with Gasteiger partial charge in [-0.3, -0.25) is 10.2 Å². The standard InChI is InChI=1S/C16H14BrN3O/c17-13-6-5-11-7-8-20(15(11)9-13)10-12-3-1-2-4-14(12)16(21)19-18/h1-9H,10,18H2,(H,19,21). The first-order valence-corrected chi connectivity index (χ1v) is 7.31. The van der Waals surface area contributed by atoms with E-state index < -0.39 is 0 Å². The van der Waals surface area contributed by atoms with Gasteiger partial charge in [0.15, 0.2) is 0 Å². The highest BCUT2D eigenvalue weighted by molar-refractivity contribution is 9.10. The third-order valence-electron chi connectivity index (χ3n) is 3.47. The van der Waals surface area contributed by atoms with Gasteiger partial charge in [0, 0.05) is 28.3 Å². The summed E-state index contributed by atoms with van der Waals surface area (Å²) >= 11 is 3.49. The first kappa shape index (κ1) is 13.9. The van der Waals surface area contributed by atoms with Gasteiger partial charge >= 0.3 is 0 Å². The van der Waals surface area contributed by atoms with Gasteiger partial charge in [-0.05, 0) is 35.2 Å². The van der Waals surface area contributed by atoms with E-state index in [1.165, 1.54) is 5.39 Å². The number of aromatic nitrogens is 1. The molecule has 0 fully saturated rings. The molecule has 0 saturated carbocycles. The van der Waals surface area contributed by atoms with Gasteiger partial charge in [-0.25, -0.2) is 5.84 Å². The minimum absolute atomic E-state index is 0.275. The van der Waals surface area contributed by atoms with Crippen LogP contribution in [-0.4, -0.2) is 10.5 Å². The minimum atomic E-state index is -0.275. The molecule has 3 aromatic rings. The largest absolute Gasteiger partial charge is 0.343 e. The van der Waals surface area contributed by atoms with Gasteiger partial charge in [-0.1, -0.05) is 40.2 Å². The Morgan fingerprint density at radius 1 is 1.19 bits per heavy atom. The normalized spacial score (nSPS) is 10.8. The number of hydrogen-bond donors (Lipinski definition) is 2. The Hall–Kier alpha value is -2.11. The van der Waals surface area contributed by atoms with Crippen molar-refractivity contribution in [2.75, 3.05) is 0 Å². The Kier molecular flexibility index (Phi) is 3.77. The molecule has 0 unspecified atom stereocenters. The molecule has 4 nitrogen and oxygen atoms in total. The molecule has 0 radical (unpaired) electrons. The Morgan fingerprint density at radius 3 is 2.81 bits per heavy atom. The van der Waals surface area contributed by atoms with Crippen LogP contribution in [0.4, 0.5) is 0 Å². The molecule has 0 aliphatic rings. The number of fused-ring (bicyclic) bond motifs is 1. The van der Waals surface area contributed by atoms with Gasteiger partial charge in [0.25, 0.3) is 5.91 Å². The number of nitrogens with one attached hydrogen (secondary N) is 1.